The number of aromatic amines is 1. The van der Waals surface area contributed by atoms with E-state index in [0.717, 1.165) is 16.9 Å². The number of benzene rings is 2. The van der Waals surface area contributed by atoms with Crippen molar-refractivity contribution in [3.05, 3.63) is 83.2 Å². The first kappa shape index (κ1) is 16.5. The molecule has 144 valence electrons. The van der Waals surface area contributed by atoms with Gasteiger partial charge in [0, 0.05) is 36.7 Å². The zero-order valence-electron chi connectivity index (χ0n) is 15.9. The normalized spacial score (nSPS) is 28.2. The molecule has 2 aliphatic carbocycles. The van der Waals surface area contributed by atoms with Gasteiger partial charge in [-0.1, -0.05) is 48.5 Å². The summed E-state index contributed by atoms with van der Waals surface area (Å²) in [6, 6.07) is 19.8. The lowest BCUT2D eigenvalue weighted by Crippen LogP contribution is -2.54. The molecule has 7 rings (SSSR count). The summed E-state index contributed by atoms with van der Waals surface area (Å²) in [6.07, 6.45) is 0.677. The molecule has 2 aliphatic heterocycles. The number of para-hydroxylation sites is 1. The average molecular weight is 384 g/mol. The number of aromatic nitrogens is 2. The number of likely N-dealkylation sites (N-methyl/N-ethyl adjacent to an activating group) is 1. The van der Waals surface area contributed by atoms with Gasteiger partial charge in [0.1, 0.15) is 11.2 Å². The zero-order valence-corrected chi connectivity index (χ0v) is 15.9. The fraction of sp³-hybridized carbons (Fsp3) is 0.261. The summed E-state index contributed by atoms with van der Waals surface area (Å²) < 4.78 is 0. The van der Waals surface area contributed by atoms with Gasteiger partial charge in [-0.15, -0.1) is 0 Å². The highest BCUT2D eigenvalue weighted by Gasteiger charge is 2.89. The van der Waals surface area contributed by atoms with Crippen LogP contribution < -0.4 is 10.2 Å². The van der Waals surface area contributed by atoms with E-state index in [0.29, 0.717) is 18.0 Å². The molecule has 2 saturated carbocycles. The van der Waals surface area contributed by atoms with Gasteiger partial charge in [0.2, 0.25) is 0 Å². The zero-order chi connectivity index (χ0) is 19.8. The van der Waals surface area contributed by atoms with Crippen LogP contribution in [-0.4, -0.2) is 34.6 Å². The lowest BCUT2D eigenvalue weighted by atomic mass is 9.92. The third-order valence-corrected chi connectivity index (χ3v) is 6.70. The van der Waals surface area contributed by atoms with E-state index in [4.69, 9.17) is 0 Å². The lowest BCUT2D eigenvalue weighted by molar-refractivity contribution is -0.122. The molecule has 3 unspecified atom stereocenters. The summed E-state index contributed by atoms with van der Waals surface area (Å²) in [6.45, 7) is 0. The van der Waals surface area contributed by atoms with Crippen molar-refractivity contribution in [2.75, 3.05) is 11.9 Å². The molecule has 3 heterocycles. The van der Waals surface area contributed by atoms with E-state index in [-0.39, 0.29) is 23.7 Å². The van der Waals surface area contributed by atoms with Crippen LogP contribution in [0.3, 0.4) is 0 Å². The minimum Gasteiger partial charge on any atom is -0.336 e. The van der Waals surface area contributed by atoms with Crippen molar-refractivity contribution >= 4 is 17.5 Å². The molecule has 6 nitrogen and oxygen atoms in total. The predicted molar refractivity (Wildman–Crippen MR) is 108 cm³/mol. The molecule has 2 bridgehead atoms. The van der Waals surface area contributed by atoms with Gasteiger partial charge in [-0.05, 0) is 29.2 Å². The third kappa shape index (κ3) is 2.20. The van der Waals surface area contributed by atoms with Crippen molar-refractivity contribution in [3.8, 4) is 0 Å². The Morgan fingerprint density at radius 1 is 1.14 bits per heavy atom. The molecule has 1 aromatic heterocycles. The van der Waals surface area contributed by atoms with Crippen LogP contribution in [0.1, 0.15) is 33.2 Å². The third-order valence-electron chi connectivity index (χ3n) is 6.70. The lowest BCUT2D eigenvalue weighted by Gasteiger charge is -2.26. The molecule has 4 atom stereocenters. The van der Waals surface area contributed by atoms with Crippen molar-refractivity contribution in [2.45, 2.75) is 17.9 Å². The largest absolute Gasteiger partial charge is 0.336 e. The maximum absolute atomic E-state index is 13.2. The number of rotatable bonds is 4. The number of amides is 2. The summed E-state index contributed by atoms with van der Waals surface area (Å²) in [4.78, 5) is 27.8. The molecule has 2 aromatic carbocycles. The summed E-state index contributed by atoms with van der Waals surface area (Å²) in [7, 11) is 1.79. The number of fused-ring (bicyclic) bond motifs is 1. The molecule has 2 amide bonds. The van der Waals surface area contributed by atoms with E-state index >= 15 is 0 Å². The standard InChI is InChI=1S/C23H20N4O2/c1-27-17-10-6-5-9-15(17)18-19-20(18)23(19,22(27)29)24-21(28)16-12-14(25-26-16)11-13-7-3-2-4-8-13/h2-10,12,18-20H,11H2,1H3,(H,24,28)(H,25,26)/t18?,19-,20?,23?/m1/s1. The van der Waals surface area contributed by atoms with Crippen LogP contribution in [0, 0.1) is 11.8 Å². The van der Waals surface area contributed by atoms with Crippen molar-refractivity contribution in [1.82, 2.24) is 15.5 Å². The predicted octanol–water partition coefficient (Wildman–Crippen LogP) is 2.49. The summed E-state index contributed by atoms with van der Waals surface area (Å²) in [5, 5.41) is 10.2. The Bertz CT molecular complexity index is 1140. The second-order valence-electron chi connectivity index (χ2n) is 8.26. The first-order valence-electron chi connectivity index (χ1n) is 9.89. The minimum absolute atomic E-state index is 0.0258. The first-order valence-corrected chi connectivity index (χ1v) is 9.89. The van der Waals surface area contributed by atoms with Crippen LogP contribution >= 0.6 is 0 Å². The van der Waals surface area contributed by atoms with Crippen molar-refractivity contribution in [1.29, 1.82) is 0 Å². The smallest absolute Gasteiger partial charge is 0.272 e. The number of hydrogen-bond donors (Lipinski definition) is 2. The van der Waals surface area contributed by atoms with Gasteiger partial charge in [-0.25, -0.2) is 0 Å². The Hall–Kier alpha value is -3.41. The molecular weight excluding hydrogens is 364 g/mol. The molecule has 2 fully saturated rings. The Morgan fingerprint density at radius 3 is 2.66 bits per heavy atom. The highest BCUT2D eigenvalue weighted by atomic mass is 16.2. The molecule has 0 saturated heterocycles. The van der Waals surface area contributed by atoms with Gasteiger partial charge in [-0.3, -0.25) is 14.7 Å². The highest BCUT2D eigenvalue weighted by Crippen LogP contribution is 2.82. The van der Waals surface area contributed by atoms with E-state index in [1.165, 1.54) is 5.56 Å². The van der Waals surface area contributed by atoms with Gasteiger partial charge in [-0.2, -0.15) is 5.10 Å². The fourth-order valence-electron chi connectivity index (χ4n) is 5.19. The van der Waals surface area contributed by atoms with E-state index < -0.39 is 5.54 Å². The van der Waals surface area contributed by atoms with Crippen molar-refractivity contribution < 1.29 is 9.59 Å². The second kappa shape index (κ2) is 5.56. The number of carbonyl (C=O) groups excluding carboxylic acids is 2. The second-order valence-corrected chi connectivity index (χ2v) is 8.26. The number of anilines is 1. The number of H-pyrrole nitrogens is 1. The van der Waals surface area contributed by atoms with E-state index in [9.17, 15) is 9.59 Å². The maximum atomic E-state index is 13.2. The van der Waals surface area contributed by atoms with Gasteiger partial charge < -0.3 is 10.2 Å². The van der Waals surface area contributed by atoms with Crippen LogP contribution in [0.5, 0.6) is 0 Å². The Labute approximate surface area is 167 Å². The Morgan fingerprint density at radius 2 is 1.86 bits per heavy atom. The number of carbonyl (C=O) groups is 2. The molecule has 0 radical (unpaired) electrons. The molecular formula is C23H20N4O2. The number of hydrogen-bond acceptors (Lipinski definition) is 3. The average Bonchev–Trinajstić information content (AvgIpc) is 3.60. The van der Waals surface area contributed by atoms with E-state index in [1.807, 2.05) is 48.5 Å². The SMILES string of the molecule is CN1C(=O)C2(NC(=O)c3cc(Cc4ccccc4)[nH]n3)C3C(c4ccccc41)[C@H]32. The van der Waals surface area contributed by atoms with Gasteiger partial charge in [0.05, 0.1) is 0 Å². The van der Waals surface area contributed by atoms with Crippen molar-refractivity contribution in [2.24, 2.45) is 11.8 Å². The quantitative estimate of drug-likeness (QED) is 0.725. The molecule has 6 heteroatoms. The first-order chi connectivity index (χ1) is 14.1. The monoisotopic (exact) mass is 384 g/mol. The van der Waals surface area contributed by atoms with Crippen LogP contribution in [0.15, 0.2) is 60.7 Å². The Balaban J connectivity index is 1.22. The van der Waals surface area contributed by atoms with Crippen LogP contribution in [-0.2, 0) is 11.2 Å². The van der Waals surface area contributed by atoms with Crippen LogP contribution in [0.25, 0.3) is 0 Å². The summed E-state index contributed by atoms with van der Waals surface area (Å²) in [5.41, 5.74) is 3.74. The van der Waals surface area contributed by atoms with E-state index in [1.54, 1.807) is 18.0 Å². The fourth-order valence-corrected chi connectivity index (χ4v) is 5.19. The Kier molecular flexibility index (Phi) is 3.17. The van der Waals surface area contributed by atoms with Crippen molar-refractivity contribution in [3.63, 3.8) is 0 Å². The molecule has 3 aromatic rings. The summed E-state index contributed by atoms with van der Waals surface area (Å²) in [5.74, 6) is 0.454. The number of nitrogens with one attached hydrogen (secondary N) is 2. The van der Waals surface area contributed by atoms with Gasteiger partial charge >= 0.3 is 0 Å². The van der Waals surface area contributed by atoms with Crippen LogP contribution in [0.4, 0.5) is 5.69 Å². The molecule has 2 N–H and O–H groups in total. The van der Waals surface area contributed by atoms with Crippen LogP contribution in [0.2, 0.25) is 0 Å². The maximum Gasteiger partial charge on any atom is 0.272 e. The minimum atomic E-state index is -0.770. The topological polar surface area (TPSA) is 78.1 Å². The van der Waals surface area contributed by atoms with Gasteiger partial charge in [0.25, 0.3) is 11.8 Å². The molecule has 29 heavy (non-hydrogen) atoms. The summed E-state index contributed by atoms with van der Waals surface area (Å²) >= 11 is 0. The number of nitrogens with zero attached hydrogens (tertiary/aromatic N) is 2. The van der Waals surface area contributed by atoms with E-state index in [2.05, 4.69) is 21.6 Å². The molecule has 0 spiro atoms. The van der Waals surface area contributed by atoms with Gasteiger partial charge in [0.15, 0.2) is 0 Å². The molecule has 4 aliphatic rings. The highest BCUT2D eigenvalue weighted by molar-refractivity contribution is 6.11.